The molecule has 19 heavy (non-hydrogen) atoms. The van der Waals surface area contributed by atoms with E-state index < -0.39 is 0 Å². The lowest BCUT2D eigenvalue weighted by atomic mass is 9.96. The molecule has 0 saturated carbocycles. The van der Waals surface area contributed by atoms with E-state index in [1.807, 2.05) is 17.8 Å². The molecule has 1 aromatic carbocycles. The lowest BCUT2D eigenvalue weighted by Crippen LogP contribution is -2.22. The average Bonchev–Trinajstić information content (AvgIpc) is 2.40. The minimum atomic E-state index is -0.0225. The van der Waals surface area contributed by atoms with Gasteiger partial charge in [-0.25, -0.2) is 0 Å². The monoisotopic (exact) mass is 303 g/mol. The van der Waals surface area contributed by atoms with Crippen LogP contribution < -0.4 is 5.73 Å². The Hall–Kier alpha value is -0.580. The summed E-state index contributed by atoms with van der Waals surface area (Å²) in [7, 11) is 0. The third-order valence-electron chi connectivity index (χ3n) is 3.53. The summed E-state index contributed by atoms with van der Waals surface area (Å²) in [6, 6.07) is 3.45. The highest BCUT2D eigenvalue weighted by Gasteiger charge is 2.29. The second kappa shape index (κ2) is 7.27. The van der Waals surface area contributed by atoms with Gasteiger partial charge in [-0.3, -0.25) is 0 Å². The predicted octanol–water partition coefficient (Wildman–Crippen LogP) is 3.37. The molecule has 0 spiro atoms. The molecule has 108 valence electrons. The van der Waals surface area contributed by atoms with E-state index in [2.05, 4.69) is 6.92 Å². The maximum atomic E-state index is 10.00. The molecule has 1 aliphatic heterocycles. The van der Waals surface area contributed by atoms with Crippen molar-refractivity contribution in [3.63, 3.8) is 0 Å². The first-order valence-corrected chi connectivity index (χ1v) is 7.50. The Morgan fingerprint density at radius 1 is 1.37 bits per heavy atom. The van der Waals surface area contributed by atoms with Gasteiger partial charge in [0.25, 0.3) is 0 Å². The van der Waals surface area contributed by atoms with Crippen LogP contribution in [-0.4, -0.2) is 22.0 Å². The van der Waals surface area contributed by atoms with Crippen LogP contribution in [0.25, 0.3) is 0 Å². The van der Waals surface area contributed by atoms with Gasteiger partial charge < -0.3 is 15.9 Å². The Morgan fingerprint density at radius 2 is 2.11 bits per heavy atom. The van der Waals surface area contributed by atoms with Crippen LogP contribution in [0, 0.1) is 0 Å². The average molecular weight is 304 g/mol. The lowest BCUT2D eigenvalue weighted by molar-refractivity contribution is 0.397. The van der Waals surface area contributed by atoms with Crippen molar-refractivity contribution in [3.8, 4) is 11.5 Å². The SMILES string of the molecule is CCCC[C@@H]1Cc2c(ccc(O)c2O)[C@H](CN)S1.Cl. The quantitative estimate of drug-likeness (QED) is 0.746. The molecule has 0 bridgehead atoms. The van der Waals surface area contributed by atoms with Gasteiger partial charge in [-0.05, 0) is 24.5 Å². The van der Waals surface area contributed by atoms with Crippen molar-refractivity contribution in [3.05, 3.63) is 23.3 Å². The van der Waals surface area contributed by atoms with Crippen molar-refractivity contribution in [2.24, 2.45) is 5.73 Å². The van der Waals surface area contributed by atoms with E-state index in [1.54, 1.807) is 6.07 Å². The largest absolute Gasteiger partial charge is 0.504 e. The standard InChI is InChI=1S/C14H21NO2S.ClH/c1-2-3-4-9-7-11-10(13(8-15)18-9)5-6-12(16)14(11)17;/h5-6,9,13,16-17H,2-4,7-8,15H2,1H3;1H/t9-,13+;/m1./s1. The zero-order valence-corrected chi connectivity index (χ0v) is 12.8. The van der Waals surface area contributed by atoms with Crippen LogP contribution in [0.4, 0.5) is 0 Å². The maximum absolute atomic E-state index is 10.00. The number of rotatable bonds is 4. The summed E-state index contributed by atoms with van der Waals surface area (Å²) in [4.78, 5) is 0. The number of phenolic OH excluding ortho intramolecular Hbond substituents is 2. The summed E-state index contributed by atoms with van der Waals surface area (Å²) in [5, 5.41) is 20.3. The van der Waals surface area contributed by atoms with E-state index in [1.165, 1.54) is 12.8 Å². The first-order valence-electron chi connectivity index (χ1n) is 6.56. The van der Waals surface area contributed by atoms with Gasteiger partial charge in [-0.1, -0.05) is 25.8 Å². The highest BCUT2D eigenvalue weighted by atomic mass is 35.5. The molecular formula is C14H22ClNO2S. The van der Waals surface area contributed by atoms with Crippen molar-refractivity contribution >= 4 is 24.2 Å². The molecule has 1 aromatic rings. The zero-order valence-electron chi connectivity index (χ0n) is 11.1. The highest BCUT2D eigenvalue weighted by Crippen LogP contribution is 2.46. The Balaban J connectivity index is 0.00000180. The number of hydrogen-bond donors (Lipinski definition) is 3. The second-order valence-electron chi connectivity index (χ2n) is 4.83. The van der Waals surface area contributed by atoms with Crippen LogP contribution in [-0.2, 0) is 6.42 Å². The molecule has 0 aliphatic carbocycles. The molecule has 1 aliphatic rings. The number of phenols is 2. The molecule has 0 amide bonds. The molecule has 4 N–H and O–H groups in total. The van der Waals surface area contributed by atoms with Crippen molar-refractivity contribution in [2.45, 2.75) is 43.1 Å². The minimum Gasteiger partial charge on any atom is -0.504 e. The van der Waals surface area contributed by atoms with Gasteiger partial charge in [0.1, 0.15) is 0 Å². The normalized spacial score (nSPS) is 21.6. The predicted molar refractivity (Wildman–Crippen MR) is 83.4 cm³/mol. The number of hydrogen-bond acceptors (Lipinski definition) is 4. The summed E-state index contributed by atoms with van der Waals surface area (Å²) in [5.74, 6) is 0.0263. The first kappa shape index (κ1) is 16.5. The van der Waals surface area contributed by atoms with Gasteiger partial charge in [0, 0.05) is 22.6 Å². The number of nitrogens with two attached hydrogens (primary N) is 1. The number of fused-ring (bicyclic) bond motifs is 1. The van der Waals surface area contributed by atoms with Crippen LogP contribution in [0.2, 0.25) is 0 Å². The molecular weight excluding hydrogens is 282 g/mol. The van der Waals surface area contributed by atoms with Gasteiger partial charge in [-0.2, -0.15) is 0 Å². The molecule has 3 nitrogen and oxygen atoms in total. The third-order valence-corrected chi connectivity index (χ3v) is 5.09. The fourth-order valence-electron chi connectivity index (χ4n) is 2.52. The number of unbranched alkanes of at least 4 members (excludes halogenated alkanes) is 1. The smallest absolute Gasteiger partial charge is 0.161 e. The maximum Gasteiger partial charge on any atom is 0.161 e. The van der Waals surface area contributed by atoms with Crippen molar-refractivity contribution in [1.82, 2.24) is 0 Å². The molecule has 0 aromatic heterocycles. The zero-order chi connectivity index (χ0) is 13.1. The molecule has 2 atom stereocenters. The van der Waals surface area contributed by atoms with Crippen LogP contribution in [0.15, 0.2) is 12.1 Å². The van der Waals surface area contributed by atoms with Crippen molar-refractivity contribution < 1.29 is 10.2 Å². The van der Waals surface area contributed by atoms with Crippen molar-refractivity contribution in [2.75, 3.05) is 6.54 Å². The second-order valence-corrected chi connectivity index (χ2v) is 6.34. The Labute approximate surface area is 125 Å². The van der Waals surface area contributed by atoms with E-state index >= 15 is 0 Å². The lowest BCUT2D eigenvalue weighted by Gasteiger charge is -2.31. The fourth-order valence-corrected chi connectivity index (χ4v) is 4.03. The van der Waals surface area contributed by atoms with Crippen molar-refractivity contribution in [1.29, 1.82) is 0 Å². The molecule has 5 heteroatoms. The number of halogens is 1. The Morgan fingerprint density at radius 3 is 2.74 bits per heavy atom. The topological polar surface area (TPSA) is 66.5 Å². The summed E-state index contributed by atoms with van der Waals surface area (Å²) >= 11 is 1.91. The summed E-state index contributed by atoms with van der Waals surface area (Å²) in [5.41, 5.74) is 7.81. The van der Waals surface area contributed by atoms with Gasteiger partial charge in [0.05, 0.1) is 0 Å². The van der Waals surface area contributed by atoms with Gasteiger partial charge in [-0.15, -0.1) is 24.2 Å². The summed E-state index contributed by atoms with van der Waals surface area (Å²) < 4.78 is 0. The number of benzene rings is 1. The van der Waals surface area contributed by atoms with E-state index in [0.29, 0.717) is 11.8 Å². The molecule has 2 rings (SSSR count). The fraction of sp³-hybridized carbons (Fsp3) is 0.571. The van der Waals surface area contributed by atoms with Gasteiger partial charge in [0.15, 0.2) is 11.5 Å². The number of aromatic hydroxyl groups is 2. The molecule has 1 heterocycles. The first-order chi connectivity index (χ1) is 8.67. The van der Waals surface area contributed by atoms with E-state index in [-0.39, 0.29) is 29.2 Å². The third kappa shape index (κ3) is 3.50. The Bertz CT molecular complexity index is 428. The van der Waals surface area contributed by atoms with Crippen LogP contribution in [0.1, 0.15) is 42.6 Å². The molecule has 0 fully saturated rings. The summed E-state index contributed by atoms with van der Waals surface area (Å²) in [6.45, 7) is 2.76. The van der Waals surface area contributed by atoms with E-state index in [9.17, 15) is 10.2 Å². The molecule has 0 unspecified atom stereocenters. The van der Waals surface area contributed by atoms with Crippen LogP contribution in [0.3, 0.4) is 0 Å². The van der Waals surface area contributed by atoms with Gasteiger partial charge >= 0.3 is 0 Å². The summed E-state index contributed by atoms with van der Waals surface area (Å²) in [6.07, 6.45) is 4.36. The van der Waals surface area contributed by atoms with Crippen LogP contribution >= 0.6 is 24.2 Å². The number of thioether (sulfide) groups is 1. The highest BCUT2D eigenvalue weighted by molar-refractivity contribution is 8.00. The van der Waals surface area contributed by atoms with E-state index in [0.717, 1.165) is 24.0 Å². The molecule has 0 radical (unpaired) electrons. The Kier molecular flexibility index (Phi) is 6.30. The minimum absolute atomic E-state index is 0. The molecule has 0 saturated heterocycles. The van der Waals surface area contributed by atoms with Crippen LogP contribution in [0.5, 0.6) is 11.5 Å². The van der Waals surface area contributed by atoms with E-state index in [4.69, 9.17) is 5.73 Å². The van der Waals surface area contributed by atoms with Gasteiger partial charge in [0.2, 0.25) is 0 Å².